The van der Waals surface area contributed by atoms with Gasteiger partial charge in [-0.15, -0.1) is 0 Å². The molecule has 1 aliphatic rings. The van der Waals surface area contributed by atoms with Gasteiger partial charge < -0.3 is 5.32 Å². The third kappa shape index (κ3) is 3.03. The highest BCUT2D eigenvalue weighted by atomic mass is 19.1. The summed E-state index contributed by atoms with van der Waals surface area (Å²) in [5, 5.41) is 11.1. The summed E-state index contributed by atoms with van der Waals surface area (Å²) in [6, 6.07) is 13.7. The maximum absolute atomic E-state index is 15.2. The lowest BCUT2D eigenvalue weighted by Gasteiger charge is -2.19. The largest absolute Gasteiger partial charge is 0.313 e. The van der Waals surface area contributed by atoms with Crippen molar-refractivity contribution in [1.82, 2.24) is 15.5 Å². The van der Waals surface area contributed by atoms with Crippen molar-refractivity contribution in [3.05, 3.63) is 83.1 Å². The Kier molecular flexibility index (Phi) is 4.24. The SMILES string of the molecule is Fc1ccc(C2CCNCc3c2ccc(-c2cccnn2)c3F)cc1. The van der Waals surface area contributed by atoms with Gasteiger partial charge in [0.15, 0.2) is 0 Å². The Bertz CT molecular complexity index is 879. The van der Waals surface area contributed by atoms with E-state index in [2.05, 4.69) is 15.5 Å². The predicted octanol–water partition coefficient (Wildman–Crippen LogP) is 4.05. The predicted molar refractivity (Wildman–Crippen MR) is 92.0 cm³/mol. The highest BCUT2D eigenvalue weighted by Crippen LogP contribution is 2.36. The van der Waals surface area contributed by atoms with Crippen molar-refractivity contribution in [2.24, 2.45) is 0 Å². The zero-order chi connectivity index (χ0) is 17.2. The summed E-state index contributed by atoms with van der Waals surface area (Å²) in [5.41, 5.74) is 3.56. The minimum absolute atomic E-state index is 0.0380. The van der Waals surface area contributed by atoms with Crippen LogP contribution in [0, 0.1) is 11.6 Å². The minimum atomic E-state index is -0.264. The molecule has 1 aromatic heterocycles. The average Bonchev–Trinajstić information content (AvgIpc) is 2.87. The highest BCUT2D eigenvalue weighted by molar-refractivity contribution is 5.62. The van der Waals surface area contributed by atoms with Crippen molar-refractivity contribution in [2.75, 3.05) is 6.54 Å². The van der Waals surface area contributed by atoms with Crippen LogP contribution in [0.15, 0.2) is 54.7 Å². The number of aromatic nitrogens is 2. The van der Waals surface area contributed by atoms with Crippen LogP contribution in [-0.4, -0.2) is 16.7 Å². The molecule has 0 saturated carbocycles. The van der Waals surface area contributed by atoms with Crippen LogP contribution in [0.4, 0.5) is 8.78 Å². The molecule has 4 rings (SSSR count). The van der Waals surface area contributed by atoms with Gasteiger partial charge in [-0.1, -0.05) is 18.2 Å². The lowest BCUT2D eigenvalue weighted by Crippen LogP contribution is -2.13. The molecule has 1 unspecified atom stereocenters. The van der Waals surface area contributed by atoms with Crippen LogP contribution in [0.1, 0.15) is 29.0 Å². The van der Waals surface area contributed by atoms with Gasteiger partial charge in [-0.25, -0.2) is 8.78 Å². The van der Waals surface area contributed by atoms with Gasteiger partial charge in [0.25, 0.3) is 0 Å². The van der Waals surface area contributed by atoms with Crippen molar-refractivity contribution in [3.63, 3.8) is 0 Å². The molecule has 1 aliphatic heterocycles. The van der Waals surface area contributed by atoms with Gasteiger partial charge in [0.1, 0.15) is 11.6 Å². The van der Waals surface area contributed by atoms with Crippen molar-refractivity contribution >= 4 is 0 Å². The number of nitrogens with zero attached hydrogens (tertiary/aromatic N) is 2. The highest BCUT2D eigenvalue weighted by Gasteiger charge is 2.24. The van der Waals surface area contributed by atoms with Crippen LogP contribution in [0.2, 0.25) is 0 Å². The molecule has 0 radical (unpaired) electrons. The van der Waals surface area contributed by atoms with Crippen LogP contribution in [0.25, 0.3) is 11.3 Å². The van der Waals surface area contributed by atoms with E-state index >= 15 is 4.39 Å². The molecule has 25 heavy (non-hydrogen) atoms. The standard InChI is InChI=1S/C20H17F2N3/c21-14-5-3-13(4-6-14)15-9-11-23-12-18-16(15)7-8-17(20(18)22)19-2-1-10-24-25-19/h1-8,10,15,23H,9,11-12H2. The molecule has 0 spiro atoms. The second kappa shape index (κ2) is 6.69. The average molecular weight is 337 g/mol. The number of fused-ring (bicyclic) bond motifs is 1. The van der Waals surface area contributed by atoms with E-state index in [0.717, 1.165) is 24.1 Å². The Balaban J connectivity index is 1.82. The third-order valence-electron chi connectivity index (χ3n) is 4.69. The molecule has 0 bridgehead atoms. The molecule has 0 amide bonds. The lowest BCUT2D eigenvalue weighted by molar-refractivity contribution is 0.596. The first-order valence-electron chi connectivity index (χ1n) is 8.29. The van der Waals surface area contributed by atoms with Gasteiger partial charge in [-0.2, -0.15) is 10.2 Å². The molecule has 3 aromatic rings. The van der Waals surface area contributed by atoms with Gasteiger partial charge in [0.05, 0.1) is 5.69 Å². The summed E-state index contributed by atoms with van der Waals surface area (Å²) in [7, 11) is 0. The van der Waals surface area contributed by atoms with Crippen LogP contribution in [0.5, 0.6) is 0 Å². The summed E-state index contributed by atoms with van der Waals surface area (Å²) in [4.78, 5) is 0. The van der Waals surface area contributed by atoms with Gasteiger partial charge >= 0.3 is 0 Å². The Morgan fingerprint density at radius 1 is 1.00 bits per heavy atom. The second-order valence-corrected chi connectivity index (χ2v) is 6.17. The first-order valence-corrected chi connectivity index (χ1v) is 8.29. The molecule has 0 fully saturated rings. The number of halogens is 2. The van der Waals surface area contributed by atoms with E-state index in [-0.39, 0.29) is 17.6 Å². The molecular weight excluding hydrogens is 320 g/mol. The normalized spacial score (nSPS) is 17.0. The number of nitrogens with one attached hydrogen (secondary N) is 1. The van der Waals surface area contributed by atoms with Crippen LogP contribution in [0.3, 0.4) is 0 Å². The zero-order valence-electron chi connectivity index (χ0n) is 13.5. The first-order chi connectivity index (χ1) is 12.2. The fourth-order valence-electron chi connectivity index (χ4n) is 3.44. The van der Waals surface area contributed by atoms with Gasteiger partial charge in [0, 0.05) is 29.8 Å². The van der Waals surface area contributed by atoms with Gasteiger partial charge in [-0.05, 0) is 54.4 Å². The molecule has 2 heterocycles. The Labute approximate surface area is 144 Å². The molecule has 5 heteroatoms. The first kappa shape index (κ1) is 15.8. The van der Waals surface area contributed by atoms with E-state index in [9.17, 15) is 4.39 Å². The number of rotatable bonds is 2. The molecular formula is C20H17F2N3. The summed E-state index contributed by atoms with van der Waals surface area (Å²) in [5.74, 6) is -0.490. The summed E-state index contributed by atoms with van der Waals surface area (Å²) >= 11 is 0. The molecule has 1 atom stereocenters. The second-order valence-electron chi connectivity index (χ2n) is 6.17. The number of hydrogen-bond donors (Lipinski definition) is 1. The number of hydrogen-bond acceptors (Lipinski definition) is 3. The molecule has 3 nitrogen and oxygen atoms in total. The monoisotopic (exact) mass is 337 g/mol. The topological polar surface area (TPSA) is 37.8 Å². The van der Waals surface area contributed by atoms with E-state index < -0.39 is 0 Å². The van der Waals surface area contributed by atoms with Gasteiger partial charge in [0.2, 0.25) is 0 Å². The fourth-order valence-corrected chi connectivity index (χ4v) is 3.44. The molecule has 0 saturated heterocycles. The summed E-state index contributed by atoms with van der Waals surface area (Å²) < 4.78 is 28.5. The molecule has 1 N–H and O–H groups in total. The maximum atomic E-state index is 15.2. The van der Waals surface area contributed by atoms with Crippen LogP contribution < -0.4 is 5.32 Å². The minimum Gasteiger partial charge on any atom is -0.313 e. The maximum Gasteiger partial charge on any atom is 0.137 e. The van der Waals surface area contributed by atoms with Crippen LogP contribution >= 0.6 is 0 Å². The number of benzene rings is 2. The Hall–Kier alpha value is -2.66. The summed E-state index contributed by atoms with van der Waals surface area (Å²) in [6.07, 6.45) is 2.40. The molecule has 2 aromatic carbocycles. The Morgan fingerprint density at radius 3 is 2.60 bits per heavy atom. The smallest absolute Gasteiger partial charge is 0.137 e. The molecule has 126 valence electrons. The van der Waals surface area contributed by atoms with Crippen molar-refractivity contribution in [1.29, 1.82) is 0 Å². The van der Waals surface area contributed by atoms with E-state index in [4.69, 9.17) is 0 Å². The van der Waals surface area contributed by atoms with Crippen molar-refractivity contribution < 1.29 is 8.78 Å². The molecule has 0 aliphatic carbocycles. The van der Waals surface area contributed by atoms with Crippen molar-refractivity contribution in [3.8, 4) is 11.3 Å². The third-order valence-corrected chi connectivity index (χ3v) is 4.69. The van der Waals surface area contributed by atoms with E-state index in [1.165, 1.54) is 12.1 Å². The van der Waals surface area contributed by atoms with Gasteiger partial charge in [-0.3, -0.25) is 0 Å². The zero-order valence-corrected chi connectivity index (χ0v) is 13.5. The lowest BCUT2D eigenvalue weighted by atomic mass is 9.85. The van der Waals surface area contributed by atoms with E-state index in [0.29, 0.717) is 23.4 Å². The van der Waals surface area contributed by atoms with E-state index in [1.54, 1.807) is 36.5 Å². The Morgan fingerprint density at radius 2 is 1.84 bits per heavy atom. The van der Waals surface area contributed by atoms with Crippen molar-refractivity contribution in [2.45, 2.75) is 18.9 Å². The quantitative estimate of drug-likeness (QED) is 0.767. The summed E-state index contributed by atoms with van der Waals surface area (Å²) in [6.45, 7) is 1.24. The van der Waals surface area contributed by atoms with Crippen LogP contribution in [-0.2, 0) is 6.54 Å². The fraction of sp³-hybridized carbons (Fsp3) is 0.200. The van der Waals surface area contributed by atoms with E-state index in [1.807, 2.05) is 6.07 Å².